The predicted molar refractivity (Wildman–Crippen MR) is 95.9 cm³/mol. The highest BCUT2D eigenvalue weighted by atomic mass is 32.1. The van der Waals surface area contributed by atoms with Crippen molar-refractivity contribution < 1.29 is 9.84 Å². The number of rotatable bonds is 6. The van der Waals surface area contributed by atoms with E-state index in [2.05, 4.69) is 20.7 Å². The van der Waals surface area contributed by atoms with E-state index in [0.29, 0.717) is 5.11 Å². The summed E-state index contributed by atoms with van der Waals surface area (Å²) in [6.45, 7) is 7.45. The lowest BCUT2D eigenvalue weighted by molar-refractivity contribution is 0.0376. The third-order valence-corrected chi connectivity index (χ3v) is 3.89. The first kappa shape index (κ1) is 17.7. The summed E-state index contributed by atoms with van der Waals surface area (Å²) in [4.78, 5) is 2.40. The van der Waals surface area contributed by atoms with Gasteiger partial charge in [-0.1, -0.05) is 0 Å². The molecule has 1 fully saturated rings. The number of nitrogens with one attached hydrogen (secondary N) is 2. The molecule has 1 aromatic carbocycles. The van der Waals surface area contributed by atoms with Crippen LogP contribution in [0.25, 0.3) is 0 Å². The van der Waals surface area contributed by atoms with Crippen LogP contribution >= 0.6 is 12.2 Å². The molecule has 0 atom stereocenters. The monoisotopic (exact) mass is 336 g/mol. The quantitative estimate of drug-likeness (QED) is 0.315. The highest BCUT2D eigenvalue weighted by Crippen LogP contribution is 2.10. The molecule has 7 heteroatoms. The van der Waals surface area contributed by atoms with Gasteiger partial charge in [0.1, 0.15) is 5.75 Å². The Bertz CT molecular complexity index is 527. The van der Waals surface area contributed by atoms with Gasteiger partial charge in [0.15, 0.2) is 5.11 Å². The van der Waals surface area contributed by atoms with E-state index in [0.717, 1.165) is 57.1 Å². The van der Waals surface area contributed by atoms with E-state index in [9.17, 15) is 5.11 Å². The fourth-order valence-electron chi connectivity index (χ4n) is 2.27. The van der Waals surface area contributed by atoms with Crippen LogP contribution in [0.4, 0.5) is 0 Å². The second kappa shape index (κ2) is 9.44. The maximum Gasteiger partial charge on any atom is 0.186 e. The molecule has 3 N–H and O–H groups in total. The summed E-state index contributed by atoms with van der Waals surface area (Å²) in [5.41, 5.74) is 4.59. The third-order valence-electron chi connectivity index (χ3n) is 3.65. The molecular weight excluding hydrogens is 312 g/mol. The zero-order chi connectivity index (χ0) is 16.5. The number of benzene rings is 1. The molecule has 0 radical (unpaired) electrons. The average molecular weight is 336 g/mol. The molecule has 0 bridgehead atoms. The van der Waals surface area contributed by atoms with Gasteiger partial charge in [-0.15, -0.1) is 0 Å². The lowest BCUT2D eigenvalue weighted by atomic mass is 10.1. The standard InChI is InChI=1S/C16H24N4O2S/c1-13(14-3-5-15(21)6-4-14)18-19-16(23)17-7-2-8-20-9-11-22-12-10-20/h3-6,21H,2,7-12H2,1H3,(H2,17,19,23)/b18-13+. The minimum Gasteiger partial charge on any atom is -0.508 e. The highest BCUT2D eigenvalue weighted by molar-refractivity contribution is 7.80. The van der Waals surface area contributed by atoms with Gasteiger partial charge in [0.2, 0.25) is 0 Å². The second-order valence-corrected chi connectivity index (χ2v) is 5.83. The molecule has 2 rings (SSSR count). The fourth-order valence-corrected chi connectivity index (χ4v) is 2.42. The summed E-state index contributed by atoms with van der Waals surface area (Å²) in [6, 6.07) is 6.90. The molecule has 1 aliphatic heterocycles. The molecule has 0 aliphatic carbocycles. The first-order valence-electron chi connectivity index (χ1n) is 7.83. The van der Waals surface area contributed by atoms with Gasteiger partial charge in [-0.25, -0.2) is 0 Å². The van der Waals surface area contributed by atoms with E-state index >= 15 is 0 Å². The molecule has 1 aromatic rings. The zero-order valence-corrected chi connectivity index (χ0v) is 14.2. The number of thiocarbonyl (C=S) groups is 1. The van der Waals surface area contributed by atoms with Gasteiger partial charge >= 0.3 is 0 Å². The van der Waals surface area contributed by atoms with Crippen LogP contribution in [0.3, 0.4) is 0 Å². The molecule has 0 spiro atoms. The topological polar surface area (TPSA) is 69.1 Å². The zero-order valence-electron chi connectivity index (χ0n) is 13.4. The number of phenols is 1. The minimum atomic E-state index is 0.243. The number of ether oxygens (including phenoxy) is 1. The molecule has 0 amide bonds. The molecule has 126 valence electrons. The first-order chi connectivity index (χ1) is 11.1. The molecule has 0 aromatic heterocycles. The van der Waals surface area contributed by atoms with Crippen LogP contribution < -0.4 is 10.7 Å². The van der Waals surface area contributed by atoms with Crippen LogP contribution in [0.1, 0.15) is 18.9 Å². The van der Waals surface area contributed by atoms with Gasteiger partial charge in [-0.05, 0) is 61.9 Å². The minimum absolute atomic E-state index is 0.243. The van der Waals surface area contributed by atoms with Crippen LogP contribution in [0.5, 0.6) is 5.75 Å². The first-order valence-corrected chi connectivity index (χ1v) is 8.23. The third kappa shape index (κ3) is 6.52. The summed E-state index contributed by atoms with van der Waals surface area (Å²) < 4.78 is 5.32. The molecule has 23 heavy (non-hydrogen) atoms. The van der Waals surface area contributed by atoms with Crippen molar-refractivity contribution >= 4 is 23.0 Å². The van der Waals surface area contributed by atoms with Crippen LogP contribution in [-0.2, 0) is 4.74 Å². The SMILES string of the molecule is C/C(=N\NC(=S)NCCCN1CCOCC1)c1ccc(O)cc1. The van der Waals surface area contributed by atoms with Gasteiger partial charge in [0.05, 0.1) is 18.9 Å². The highest BCUT2D eigenvalue weighted by Gasteiger charge is 2.09. The number of aromatic hydroxyl groups is 1. The Morgan fingerprint density at radius 1 is 1.30 bits per heavy atom. The van der Waals surface area contributed by atoms with Crippen molar-refractivity contribution in [3.63, 3.8) is 0 Å². The Labute approximate surface area is 142 Å². The lowest BCUT2D eigenvalue weighted by Crippen LogP contribution is -2.39. The summed E-state index contributed by atoms with van der Waals surface area (Å²) in [5.74, 6) is 0.243. The van der Waals surface area contributed by atoms with Crippen molar-refractivity contribution in [2.45, 2.75) is 13.3 Å². The number of hydrogen-bond donors (Lipinski definition) is 3. The van der Waals surface area contributed by atoms with Crippen molar-refractivity contribution in [1.82, 2.24) is 15.6 Å². The summed E-state index contributed by atoms with van der Waals surface area (Å²) in [5, 5.41) is 17.2. The average Bonchev–Trinajstić information content (AvgIpc) is 2.58. The Morgan fingerprint density at radius 3 is 2.70 bits per heavy atom. The van der Waals surface area contributed by atoms with E-state index in [1.54, 1.807) is 12.1 Å². The Morgan fingerprint density at radius 2 is 2.00 bits per heavy atom. The number of hydrazone groups is 1. The van der Waals surface area contributed by atoms with Crippen molar-refractivity contribution in [2.24, 2.45) is 5.10 Å². The molecule has 1 heterocycles. The van der Waals surface area contributed by atoms with Crippen molar-refractivity contribution in [2.75, 3.05) is 39.4 Å². The largest absolute Gasteiger partial charge is 0.508 e. The van der Waals surface area contributed by atoms with E-state index < -0.39 is 0 Å². The summed E-state index contributed by atoms with van der Waals surface area (Å²) >= 11 is 5.21. The van der Waals surface area contributed by atoms with Gasteiger partial charge in [0, 0.05) is 19.6 Å². The normalized spacial score (nSPS) is 16.1. The number of nitrogens with zero attached hydrogens (tertiary/aromatic N) is 2. The molecular formula is C16H24N4O2S. The van der Waals surface area contributed by atoms with Crippen molar-refractivity contribution in [1.29, 1.82) is 0 Å². The van der Waals surface area contributed by atoms with E-state index in [1.807, 2.05) is 19.1 Å². The van der Waals surface area contributed by atoms with Crippen LogP contribution in [0, 0.1) is 0 Å². The Balaban J connectivity index is 1.64. The van der Waals surface area contributed by atoms with Gasteiger partial charge < -0.3 is 15.2 Å². The Hall–Kier alpha value is -1.70. The lowest BCUT2D eigenvalue weighted by Gasteiger charge is -2.26. The molecule has 0 saturated carbocycles. The smallest absolute Gasteiger partial charge is 0.186 e. The fraction of sp³-hybridized carbons (Fsp3) is 0.500. The van der Waals surface area contributed by atoms with Gasteiger partial charge in [-0.3, -0.25) is 10.3 Å². The van der Waals surface area contributed by atoms with E-state index in [4.69, 9.17) is 17.0 Å². The van der Waals surface area contributed by atoms with Crippen molar-refractivity contribution in [3.8, 4) is 5.75 Å². The summed E-state index contributed by atoms with van der Waals surface area (Å²) in [7, 11) is 0. The molecule has 1 aliphatic rings. The Kier molecular flexibility index (Phi) is 7.25. The van der Waals surface area contributed by atoms with Gasteiger partial charge in [0.25, 0.3) is 0 Å². The number of phenolic OH excluding ortho intramolecular Hbond substituents is 1. The van der Waals surface area contributed by atoms with Crippen LogP contribution in [-0.4, -0.2) is 60.2 Å². The molecule has 0 unspecified atom stereocenters. The maximum atomic E-state index is 9.27. The van der Waals surface area contributed by atoms with Gasteiger partial charge in [-0.2, -0.15) is 5.10 Å². The van der Waals surface area contributed by atoms with Crippen LogP contribution in [0.2, 0.25) is 0 Å². The van der Waals surface area contributed by atoms with Crippen molar-refractivity contribution in [3.05, 3.63) is 29.8 Å². The number of hydrogen-bond acceptors (Lipinski definition) is 5. The maximum absolute atomic E-state index is 9.27. The van der Waals surface area contributed by atoms with Crippen LogP contribution in [0.15, 0.2) is 29.4 Å². The van der Waals surface area contributed by atoms with E-state index in [1.165, 1.54) is 0 Å². The predicted octanol–water partition coefficient (Wildman–Crippen LogP) is 1.30. The second-order valence-electron chi connectivity index (χ2n) is 5.42. The summed E-state index contributed by atoms with van der Waals surface area (Å²) in [6.07, 6.45) is 1.03. The number of morpholine rings is 1. The molecule has 6 nitrogen and oxygen atoms in total. The van der Waals surface area contributed by atoms with E-state index in [-0.39, 0.29) is 5.75 Å². The molecule has 1 saturated heterocycles.